The number of ether oxygens (including phenoxy) is 1. The summed E-state index contributed by atoms with van der Waals surface area (Å²) in [5.41, 5.74) is 1.30. The van der Waals surface area contributed by atoms with Gasteiger partial charge >= 0.3 is 0 Å². The van der Waals surface area contributed by atoms with Crippen LogP contribution >= 0.6 is 0 Å². The normalized spacial score (nSPS) is 25.1. The Morgan fingerprint density at radius 2 is 1.86 bits per heavy atom. The van der Waals surface area contributed by atoms with Gasteiger partial charge in [0.15, 0.2) is 5.78 Å². The van der Waals surface area contributed by atoms with E-state index in [0.717, 1.165) is 11.1 Å². The molecular weight excluding hydrogens is 356 g/mol. The van der Waals surface area contributed by atoms with Gasteiger partial charge in [-0.15, -0.1) is 0 Å². The number of hydrogen-bond acceptors (Lipinski definition) is 4. The maximum atomic E-state index is 13.0. The molecule has 2 amide bonds. The molecule has 1 fully saturated rings. The van der Waals surface area contributed by atoms with Crippen LogP contribution in [0.15, 0.2) is 24.3 Å². The number of nitrogens with zero attached hydrogens (tertiary/aromatic N) is 1. The molecule has 1 aromatic carbocycles. The smallest absolute Gasteiger partial charge is 0.224 e. The van der Waals surface area contributed by atoms with E-state index in [1.165, 1.54) is 0 Å². The molecule has 0 spiro atoms. The van der Waals surface area contributed by atoms with E-state index in [0.29, 0.717) is 19.5 Å². The zero-order chi connectivity index (χ0) is 20.5. The summed E-state index contributed by atoms with van der Waals surface area (Å²) in [5.74, 6) is -0.595. The molecular formula is C22H30N2O4. The van der Waals surface area contributed by atoms with Crippen LogP contribution < -0.4 is 5.32 Å². The first-order valence-corrected chi connectivity index (χ1v) is 10.0. The van der Waals surface area contributed by atoms with Crippen LogP contribution in [0.25, 0.3) is 0 Å². The number of ketones is 1. The number of amides is 2. The minimum atomic E-state index is -1.03. The highest BCUT2D eigenvalue weighted by Gasteiger charge is 2.47. The molecule has 0 aliphatic carbocycles. The minimum absolute atomic E-state index is 0.0117. The van der Waals surface area contributed by atoms with Gasteiger partial charge in [0.25, 0.3) is 0 Å². The molecule has 0 aromatic heterocycles. The van der Waals surface area contributed by atoms with E-state index in [2.05, 4.69) is 5.32 Å². The lowest BCUT2D eigenvalue weighted by Gasteiger charge is -2.30. The van der Waals surface area contributed by atoms with E-state index in [4.69, 9.17) is 4.74 Å². The van der Waals surface area contributed by atoms with E-state index in [1.807, 2.05) is 38.1 Å². The molecule has 0 saturated carbocycles. The average molecular weight is 386 g/mol. The van der Waals surface area contributed by atoms with Crippen molar-refractivity contribution in [3.8, 4) is 0 Å². The van der Waals surface area contributed by atoms with Crippen LogP contribution in [0.1, 0.15) is 51.7 Å². The van der Waals surface area contributed by atoms with Gasteiger partial charge in [-0.3, -0.25) is 14.4 Å². The van der Waals surface area contributed by atoms with Gasteiger partial charge in [-0.05, 0) is 37.3 Å². The zero-order valence-electron chi connectivity index (χ0n) is 17.2. The Morgan fingerprint density at radius 3 is 2.36 bits per heavy atom. The van der Waals surface area contributed by atoms with Crippen LogP contribution in [0.2, 0.25) is 0 Å². The van der Waals surface area contributed by atoms with Crippen LogP contribution in [-0.4, -0.2) is 40.7 Å². The maximum Gasteiger partial charge on any atom is 0.224 e. The molecule has 3 rings (SSSR count). The first-order chi connectivity index (χ1) is 13.2. The summed E-state index contributed by atoms with van der Waals surface area (Å²) < 4.78 is 5.40. The van der Waals surface area contributed by atoms with Gasteiger partial charge in [0.05, 0.1) is 6.10 Å². The third kappa shape index (κ3) is 4.12. The molecule has 1 aromatic rings. The molecule has 2 heterocycles. The topological polar surface area (TPSA) is 75.7 Å². The molecule has 28 heavy (non-hydrogen) atoms. The van der Waals surface area contributed by atoms with Crippen molar-refractivity contribution in [2.45, 2.75) is 65.3 Å². The summed E-state index contributed by atoms with van der Waals surface area (Å²) in [6.45, 7) is 8.75. The summed E-state index contributed by atoms with van der Waals surface area (Å²) in [6.07, 6.45) is 0.363. The Kier molecular flexibility index (Phi) is 5.89. The number of hydrogen-bond donors (Lipinski definition) is 1. The molecule has 3 unspecified atom stereocenters. The quantitative estimate of drug-likeness (QED) is 0.815. The fourth-order valence-corrected chi connectivity index (χ4v) is 3.97. The number of fused-ring (bicyclic) bond motifs is 1. The summed E-state index contributed by atoms with van der Waals surface area (Å²) >= 11 is 0. The van der Waals surface area contributed by atoms with Crippen molar-refractivity contribution >= 4 is 17.6 Å². The van der Waals surface area contributed by atoms with E-state index in [1.54, 1.807) is 18.7 Å². The molecule has 0 bridgehead atoms. The van der Waals surface area contributed by atoms with Gasteiger partial charge in [-0.1, -0.05) is 38.1 Å². The molecule has 2 aliphatic heterocycles. The fourth-order valence-electron chi connectivity index (χ4n) is 3.97. The van der Waals surface area contributed by atoms with Crippen LogP contribution in [0, 0.1) is 11.8 Å². The SMILES string of the molecule is CC(C)CC(CC(=O)N1Cc2ccccc2C1)C(=O)NC1(C)C(=O)COC1C. The van der Waals surface area contributed by atoms with E-state index >= 15 is 0 Å². The number of benzene rings is 1. The predicted molar refractivity (Wildman–Crippen MR) is 105 cm³/mol. The van der Waals surface area contributed by atoms with Crippen molar-refractivity contribution in [1.29, 1.82) is 0 Å². The Hall–Kier alpha value is -2.21. The second-order valence-corrected chi connectivity index (χ2v) is 8.62. The lowest BCUT2D eigenvalue weighted by atomic mass is 9.89. The Morgan fingerprint density at radius 1 is 1.25 bits per heavy atom. The molecule has 6 heteroatoms. The number of carbonyl (C=O) groups excluding carboxylic acids is 3. The highest BCUT2D eigenvalue weighted by molar-refractivity contribution is 5.96. The van der Waals surface area contributed by atoms with Crippen LogP contribution in [-0.2, 0) is 32.2 Å². The lowest BCUT2D eigenvalue weighted by Crippen LogP contribution is -2.57. The van der Waals surface area contributed by atoms with Crippen molar-refractivity contribution in [1.82, 2.24) is 10.2 Å². The van der Waals surface area contributed by atoms with Gasteiger partial charge < -0.3 is 15.0 Å². The number of carbonyl (C=O) groups is 3. The highest BCUT2D eigenvalue weighted by Crippen LogP contribution is 2.27. The van der Waals surface area contributed by atoms with E-state index in [-0.39, 0.29) is 42.6 Å². The Bertz CT molecular complexity index is 751. The largest absolute Gasteiger partial charge is 0.368 e. The molecule has 6 nitrogen and oxygen atoms in total. The van der Waals surface area contributed by atoms with E-state index < -0.39 is 11.5 Å². The van der Waals surface area contributed by atoms with Gasteiger partial charge in [0.2, 0.25) is 11.8 Å². The van der Waals surface area contributed by atoms with Gasteiger partial charge in [-0.2, -0.15) is 0 Å². The number of nitrogens with one attached hydrogen (secondary N) is 1. The molecule has 1 saturated heterocycles. The van der Waals surface area contributed by atoms with Crippen LogP contribution in [0.3, 0.4) is 0 Å². The zero-order valence-corrected chi connectivity index (χ0v) is 17.2. The third-order valence-corrected chi connectivity index (χ3v) is 5.98. The van der Waals surface area contributed by atoms with Crippen molar-refractivity contribution in [2.24, 2.45) is 11.8 Å². The van der Waals surface area contributed by atoms with Crippen molar-refractivity contribution in [3.05, 3.63) is 35.4 Å². The summed E-state index contributed by atoms with van der Waals surface area (Å²) in [6, 6.07) is 8.03. The summed E-state index contributed by atoms with van der Waals surface area (Å²) in [4.78, 5) is 40.0. The lowest BCUT2D eigenvalue weighted by molar-refractivity contribution is -0.138. The first kappa shape index (κ1) is 20.5. The fraction of sp³-hybridized carbons (Fsp3) is 0.591. The van der Waals surface area contributed by atoms with Crippen molar-refractivity contribution in [2.75, 3.05) is 6.61 Å². The Balaban J connectivity index is 1.67. The Labute approximate surface area is 166 Å². The summed E-state index contributed by atoms with van der Waals surface area (Å²) in [7, 11) is 0. The molecule has 2 aliphatic rings. The third-order valence-electron chi connectivity index (χ3n) is 5.98. The van der Waals surface area contributed by atoms with Crippen LogP contribution in [0.5, 0.6) is 0 Å². The van der Waals surface area contributed by atoms with Crippen molar-refractivity contribution in [3.63, 3.8) is 0 Å². The molecule has 0 radical (unpaired) electrons. The standard InChI is InChI=1S/C22H30N2O4/c1-14(2)9-18(21(27)23-22(4)15(3)28-13-19(22)25)10-20(26)24-11-16-7-5-6-8-17(16)12-24/h5-8,14-15,18H,9-13H2,1-4H3,(H,23,27). The van der Waals surface area contributed by atoms with Crippen molar-refractivity contribution < 1.29 is 19.1 Å². The van der Waals surface area contributed by atoms with E-state index in [9.17, 15) is 14.4 Å². The summed E-state index contributed by atoms with van der Waals surface area (Å²) in [5, 5.41) is 2.89. The van der Waals surface area contributed by atoms with Gasteiger partial charge in [-0.25, -0.2) is 0 Å². The van der Waals surface area contributed by atoms with Gasteiger partial charge in [0.1, 0.15) is 12.1 Å². The average Bonchev–Trinajstić information content (AvgIpc) is 3.18. The second kappa shape index (κ2) is 8.03. The minimum Gasteiger partial charge on any atom is -0.368 e. The predicted octanol–water partition coefficient (Wildman–Crippen LogP) is 2.44. The van der Waals surface area contributed by atoms with Crippen LogP contribution in [0.4, 0.5) is 0 Å². The molecule has 152 valence electrons. The number of Topliss-reactive ketones (excluding diaryl/α,β-unsaturated/α-hetero) is 1. The highest BCUT2D eigenvalue weighted by atomic mass is 16.5. The maximum absolute atomic E-state index is 13.0. The first-order valence-electron chi connectivity index (χ1n) is 10.0. The van der Waals surface area contributed by atoms with Gasteiger partial charge in [0, 0.05) is 25.4 Å². The number of rotatable bonds is 6. The monoisotopic (exact) mass is 386 g/mol. The molecule has 3 atom stereocenters. The second-order valence-electron chi connectivity index (χ2n) is 8.62. The molecule has 1 N–H and O–H groups in total.